The third kappa shape index (κ3) is 5.66. The molecule has 144 valence electrons. The van der Waals surface area contributed by atoms with Gasteiger partial charge in [-0.3, -0.25) is 4.79 Å². The van der Waals surface area contributed by atoms with Crippen molar-refractivity contribution in [3.63, 3.8) is 0 Å². The Morgan fingerprint density at radius 2 is 2.00 bits per heavy atom. The maximum atomic E-state index is 12.8. The molecule has 6 nitrogen and oxygen atoms in total. The quantitative estimate of drug-likeness (QED) is 0.614. The van der Waals surface area contributed by atoms with E-state index in [0.717, 1.165) is 42.5 Å². The third-order valence-electron chi connectivity index (χ3n) is 4.40. The summed E-state index contributed by atoms with van der Waals surface area (Å²) in [6, 6.07) is 7.70. The molecule has 0 aliphatic carbocycles. The summed E-state index contributed by atoms with van der Waals surface area (Å²) in [6.45, 7) is 4.10. The molecule has 0 saturated carbocycles. The van der Waals surface area contributed by atoms with Gasteiger partial charge in [0.2, 0.25) is 0 Å². The molecule has 3 rings (SSSR count). The predicted molar refractivity (Wildman–Crippen MR) is 106 cm³/mol. The van der Waals surface area contributed by atoms with E-state index in [1.807, 2.05) is 29.2 Å². The van der Waals surface area contributed by atoms with Crippen molar-refractivity contribution in [1.29, 1.82) is 0 Å². The molecule has 1 fully saturated rings. The van der Waals surface area contributed by atoms with Crippen molar-refractivity contribution < 1.29 is 14.3 Å². The number of likely N-dealkylation sites (tertiary alicyclic amines) is 1. The average molecular weight is 434 g/mol. The minimum absolute atomic E-state index is 0.0140. The summed E-state index contributed by atoms with van der Waals surface area (Å²) in [7, 11) is 0. The molecule has 0 N–H and O–H groups in total. The maximum Gasteiger partial charge on any atom is 0.316 e. The van der Waals surface area contributed by atoms with Gasteiger partial charge < -0.3 is 14.4 Å². The molecular weight excluding hydrogens is 410 g/mol. The highest BCUT2D eigenvalue weighted by molar-refractivity contribution is 9.10. The van der Waals surface area contributed by atoms with Crippen molar-refractivity contribution >= 4 is 21.8 Å². The monoisotopic (exact) mass is 433 g/mol. The van der Waals surface area contributed by atoms with Crippen LogP contribution < -0.4 is 9.47 Å². The summed E-state index contributed by atoms with van der Waals surface area (Å²) in [6.07, 6.45) is 7.10. The van der Waals surface area contributed by atoms with E-state index in [9.17, 15) is 4.79 Å². The van der Waals surface area contributed by atoms with Gasteiger partial charge >= 0.3 is 6.01 Å². The molecule has 1 aromatic carbocycles. The van der Waals surface area contributed by atoms with Crippen LogP contribution in [0.15, 0.2) is 41.1 Å². The molecule has 1 aromatic heterocycles. The van der Waals surface area contributed by atoms with E-state index in [1.165, 1.54) is 0 Å². The number of hydrogen-bond acceptors (Lipinski definition) is 5. The van der Waals surface area contributed by atoms with E-state index >= 15 is 0 Å². The minimum atomic E-state index is -0.0967. The fourth-order valence-electron chi connectivity index (χ4n) is 2.94. The molecular formula is C20H24BrN3O3. The van der Waals surface area contributed by atoms with Gasteiger partial charge in [-0.15, -0.1) is 0 Å². The van der Waals surface area contributed by atoms with Crippen molar-refractivity contribution in [3.05, 3.63) is 46.7 Å². The predicted octanol–water partition coefficient (Wildman–Crippen LogP) is 4.10. The summed E-state index contributed by atoms with van der Waals surface area (Å²) in [5, 5.41) is 0. The SMILES string of the molecule is CCCCOc1ccc(C(=O)N2CCCC(Oc3ncc(Br)cn3)C2)cc1. The first kappa shape index (κ1) is 19.6. The molecule has 1 amide bonds. The number of piperidine rings is 1. The number of nitrogens with zero attached hydrogens (tertiary/aromatic N) is 3. The van der Waals surface area contributed by atoms with Crippen LogP contribution in [0.25, 0.3) is 0 Å². The fraction of sp³-hybridized carbons (Fsp3) is 0.450. The van der Waals surface area contributed by atoms with Gasteiger partial charge in [0, 0.05) is 24.5 Å². The lowest BCUT2D eigenvalue weighted by molar-refractivity contribution is 0.0515. The van der Waals surface area contributed by atoms with Crippen LogP contribution in [-0.2, 0) is 0 Å². The molecule has 7 heteroatoms. The van der Waals surface area contributed by atoms with Crippen LogP contribution in [0.3, 0.4) is 0 Å². The summed E-state index contributed by atoms with van der Waals surface area (Å²) in [5.74, 6) is 0.812. The molecule has 1 aliphatic rings. The van der Waals surface area contributed by atoms with Crippen molar-refractivity contribution in [2.45, 2.75) is 38.7 Å². The summed E-state index contributed by atoms with van der Waals surface area (Å²) in [5.41, 5.74) is 0.665. The van der Waals surface area contributed by atoms with E-state index in [4.69, 9.17) is 9.47 Å². The lowest BCUT2D eigenvalue weighted by Gasteiger charge is -2.32. The molecule has 27 heavy (non-hydrogen) atoms. The fourth-order valence-corrected chi connectivity index (χ4v) is 3.14. The van der Waals surface area contributed by atoms with Crippen LogP contribution in [-0.4, -0.2) is 46.6 Å². The first-order chi connectivity index (χ1) is 13.2. The number of aromatic nitrogens is 2. The highest BCUT2D eigenvalue weighted by atomic mass is 79.9. The third-order valence-corrected chi connectivity index (χ3v) is 4.81. The van der Waals surface area contributed by atoms with Crippen LogP contribution in [0, 0.1) is 0 Å². The average Bonchev–Trinajstić information content (AvgIpc) is 2.70. The normalized spacial score (nSPS) is 16.8. The number of hydrogen-bond donors (Lipinski definition) is 0. The van der Waals surface area contributed by atoms with E-state index in [-0.39, 0.29) is 12.0 Å². The lowest BCUT2D eigenvalue weighted by atomic mass is 10.1. The number of amides is 1. The smallest absolute Gasteiger partial charge is 0.316 e. The van der Waals surface area contributed by atoms with Gasteiger partial charge in [0.1, 0.15) is 11.9 Å². The van der Waals surface area contributed by atoms with Gasteiger partial charge in [-0.25, -0.2) is 9.97 Å². The van der Waals surface area contributed by atoms with Gasteiger partial charge in [-0.1, -0.05) is 13.3 Å². The van der Waals surface area contributed by atoms with Crippen LogP contribution in [0.2, 0.25) is 0 Å². The lowest BCUT2D eigenvalue weighted by Crippen LogP contribution is -2.44. The summed E-state index contributed by atoms with van der Waals surface area (Å²) >= 11 is 3.31. The molecule has 0 spiro atoms. The second kappa shape index (κ2) is 9.69. The minimum Gasteiger partial charge on any atom is -0.494 e. The van der Waals surface area contributed by atoms with Gasteiger partial charge in [-0.05, 0) is 59.5 Å². The molecule has 1 aliphatic heterocycles. The molecule has 2 aromatic rings. The first-order valence-electron chi connectivity index (χ1n) is 9.32. The molecule has 1 atom stereocenters. The Hall–Kier alpha value is -2.15. The Labute approximate surface area is 168 Å². The van der Waals surface area contributed by atoms with E-state index in [0.29, 0.717) is 24.7 Å². The molecule has 1 saturated heterocycles. The van der Waals surface area contributed by atoms with Crippen LogP contribution in [0.4, 0.5) is 0 Å². The Kier molecular flexibility index (Phi) is 7.04. The second-order valence-electron chi connectivity index (χ2n) is 6.54. The van der Waals surface area contributed by atoms with Gasteiger partial charge in [-0.2, -0.15) is 0 Å². The number of unbranched alkanes of at least 4 members (excludes halogenated alkanes) is 1. The zero-order valence-corrected chi connectivity index (χ0v) is 17.0. The van der Waals surface area contributed by atoms with Crippen molar-refractivity contribution in [2.24, 2.45) is 0 Å². The van der Waals surface area contributed by atoms with Crippen molar-refractivity contribution in [3.8, 4) is 11.8 Å². The van der Waals surface area contributed by atoms with Gasteiger partial charge in [0.25, 0.3) is 5.91 Å². The topological polar surface area (TPSA) is 64.5 Å². The molecule has 1 unspecified atom stereocenters. The van der Waals surface area contributed by atoms with E-state index < -0.39 is 0 Å². The second-order valence-corrected chi connectivity index (χ2v) is 7.46. The summed E-state index contributed by atoms with van der Waals surface area (Å²) < 4.78 is 12.3. The highest BCUT2D eigenvalue weighted by Gasteiger charge is 2.26. The number of halogens is 1. The first-order valence-corrected chi connectivity index (χ1v) is 10.1. The zero-order valence-electron chi connectivity index (χ0n) is 15.4. The van der Waals surface area contributed by atoms with Crippen LogP contribution in [0.5, 0.6) is 11.8 Å². The standard InChI is InChI=1S/C20H24BrN3O3/c1-2-3-11-26-17-8-6-15(7-9-17)19(25)24-10-4-5-18(14-24)27-20-22-12-16(21)13-23-20/h6-9,12-13,18H,2-5,10-11,14H2,1H3. The van der Waals surface area contributed by atoms with Crippen LogP contribution >= 0.6 is 15.9 Å². The van der Waals surface area contributed by atoms with Gasteiger partial charge in [0.15, 0.2) is 0 Å². The molecule has 0 bridgehead atoms. The Morgan fingerprint density at radius 1 is 1.26 bits per heavy atom. The summed E-state index contributed by atoms with van der Waals surface area (Å²) in [4.78, 5) is 22.9. The van der Waals surface area contributed by atoms with E-state index in [1.54, 1.807) is 12.4 Å². The molecule has 2 heterocycles. The zero-order chi connectivity index (χ0) is 19.1. The highest BCUT2D eigenvalue weighted by Crippen LogP contribution is 2.20. The number of ether oxygens (including phenoxy) is 2. The van der Waals surface area contributed by atoms with E-state index in [2.05, 4.69) is 32.8 Å². The largest absolute Gasteiger partial charge is 0.494 e. The van der Waals surface area contributed by atoms with Crippen molar-refractivity contribution in [1.82, 2.24) is 14.9 Å². The number of carbonyl (C=O) groups excluding carboxylic acids is 1. The van der Waals surface area contributed by atoms with Gasteiger partial charge in [0.05, 0.1) is 17.6 Å². The number of rotatable bonds is 7. The van der Waals surface area contributed by atoms with Crippen molar-refractivity contribution in [2.75, 3.05) is 19.7 Å². The Balaban J connectivity index is 1.56. The Morgan fingerprint density at radius 3 is 2.70 bits per heavy atom. The van der Waals surface area contributed by atoms with Crippen LogP contribution in [0.1, 0.15) is 43.0 Å². The maximum absolute atomic E-state index is 12.8. The number of carbonyl (C=O) groups is 1. The Bertz CT molecular complexity index is 737. The number of benzene rings is 1. The molecule has 0 radical (unpaired) electrons.